The van der Waals surface area contributed by atoms with Gasteiger partial charge in [0.15, 0.2) is 0 Å². The van der Waals surface area contributed by atoms with Crippen LogP contribution in [-0.2, 0) is 11.2 Å². The summed E-state index contributed by atoms with van der Waals surface area (Å²) in [5.41, 5.74) is 12.2. The molecule has 0 aromatic heterocycles. The van der Waals surface area contributed by atoms with E-state index in [9.17, 15) is 4.79 Å². The van der Waals surface area contributed by atoms with Gasteiger partial charge in [0.1, 0.15) is 18.5 Å². The van der Waals surface area contributed by atoms with Crippen LogP contribution < -0.4 is 15.4 Å². The highest BCUT2D eigenvalue weighted by Crippen LogP contribution is 2.44. The Morgan fingerprint density at radius 3 is 2.68 bits per heavy atom. The number of anilines is 1. The molecule has 1 saturated heterocycles. The summed E-state index contributed by atoms with van der Waals surface area (Å²) in [6.07, 6.45) is 0.545. The zero-order valence-corrected chi connectivity index (χ0v) is 14.5. The molecule has 4 rings (SSSR count). The third-order valence-corrected chi connectivity index (χ3v) is 4.80. The van der Waals surface area contributed by atoms with E-state index in [1.165, 1.54) is 11.1 Å². The van der Waals surface area contributed by atoms with Gasteiger partial charge in [-0.3, -0.25) is 4.90 Å². The Morgan fingerprint density at radius 1 is 1.16 bits per heavy atom. The zero-order chi connectivity index (χ0) is 17.6. The summed E-state index contributed by atoms with van der Waals surface area (Å²) in [5, 5.41) is 0. The van der Waals surface area contributed by atoms with Crippen molar-refractivity contribution in [2.24, 2.45) is 5.73 Å². The van der Waals surface area contributed by atoms with Crippen LogP contribution in [0.15, 0.2) is 30.3 Å². The van der Waals surface area contributed by atoms with Crippen molar-refractivity contribution < 1.29 is 14.3 Å². The molecule has 0 aliphatic carbocycles. The minimum Gasteiger partial charge on any atom is -0.488 e. The summed E-state index contributed by atoms with van der Waals surface area (Å²) in [7, 11) is 0. The maximum atomic E-state index is 12.1. The van der Waals surface area contributed by atoms with Crippen molar-refractivity contribution in [1.29, 1.82) is 0 Å². The average molecular weight is 338 g/mol. The Bertz CT molecular complexity index is 847. The molecule has 130 valence electrons. The number of carbonyl (C=O) groups is 1. The van der Waals surface area contributed by atoms with Crippen LogP contribution >= 0.6 is 0 Å². The van der Waals surface area contributed by atoms with Crippen LogP contribution in [-0.4, -0.2) is 31.9 Å². The molecule has 1 atom stereocenters. The second-order valence-corrected chi connectivity index (χ2v) is 6.77. The normalized spacial score (nSPS) is 18.9. The van der Waals surface area contributed by atoms with Crippen LogP contribution in [0.3, 0.4) is 0 Å². The van der Waals surface area contributed by atoms with Crippen molar-refractivity contribution in [3.8, 4) is 16.9 Å². The molecule has 2 aliphatic heterocycles. The quantitative estimate of drug-likeness (QED) is 0.933. The van der Waals surface area contributed by atoms with Crippen LogP contribution in [0, 0.1) is 13.8 Å². The molecule has 2 aromatic rings. The smallest absolute Gasteiger partial charge is 0.414 e. The van der Waals surface area contributed by atoms with E-state index >= 15 is 0 Å². The largest absolute Gasteiger partial charge is 0.488 e. The number of amides is 1. The number of aryl methyl sites for hydroxylation is 2. The fourth-order valence-corrected chi connectivity index (χ4v) is 3.64. The van der Waals surface area contributed by atoms with Crippen LogP contribution in [0.2, 0.25) is 0 Å². The van der Waals surface area contributed by atoms with Gasteiger partial charge < -0.3 is 15.2 Å². The first-order valence-electron chi connectivity index (χ1n) is 8.62. The Balaban J connectivity index is 1.89. The van der Waals surface area contributed by atoms with E-state index in [0.717, 1.165) is 34.5 Å². The van der Waals surface area contributed by atoms with E-state index in [4.69, 9.17) is 15.2 Å². The maximum absolute atomic E-state index is 12.1. The van der Waals surface area contributed by atoms with Crippen molar-refractivity contribution in [2.45, 2.75) is 26.4 Å². The minimum absolute atomic E-state index is 0.0144. The van der Waals surface area contributed by atoms with Gasteiger partial charge in [-0.1, -0.05) is 17.7 Å². The fourth-order valence-electron chi connectivity index (χ4n) is 3.64. The van der Waals surface area contributed by atoms with E-state index in [0.29, 0.717) is 19.7 Å². The summed E-state index contributed by atoms with van der Waals surface area (Å²) in [6.45, 7) is 5.61. The lowest BCUT2D eigenvalue weighted by Gasteiger charge is -2.20. The van der Waals surface area contributed by atoms with Crippen LogP contribution in [0.25, 0.3) is 11.1 Å². The van der Waals surface area contributed by atoms with Gasteiger partial charge in [-0.2, -0.15) is 0 Å². The Kier molecular flexibility index (Phi) is 3.88. The topological polar surface area (TPSA) is 64.8 Å². The Morgan fingerprint density at radius 2 is 1.96 bits per heavy atom. The van der Waals surface area contributed by atoms with Crippen molar-refractivity contribution in [3.05, 3.63) is 47.0 Å². The Hall–Kier alpha value is -2.53. The summed E-state index contributed by atoms with van der Waals surface area (Å²) < 4.78 is 11.3. The number of ether oxygens (including phenoxy) is 2. The van der Waals surface area contributed by atoms with Crippen LogP contribution in [0.5, 0.6) is 5.75 Å². The predicted molar refractivity (Wildman–Crippen MR) is 97.2 cm³/mol. The molecule has 0 bridgehead atoms. The minimum atomic E-state index is -0.296. The summed E-state index contributed by atoms with van der Waals surface area (Å²) in [4.78, 5) is 13.8. The molecule has 2 heterocycles. The molecule has 2 aromatic carbocycles. The van der Waals surface area contributed by atoms with Gasteiger partial charge in [-0.05, 0) is 43.2 Å². The lowest BCUT2D eigenvalue weighted by atomic mass is 9.95. The molecule has 1 fully saturated rings. The number of rotatable bonds is 3. The molecule has 0 saturated carbocycles. The fraction of sp³-hybridized carbons (Fsp3) is 0.350. The van der Waals surface area contributed by atoms with Crippen LogP contribution in [0.4, 0.5) is 10.5 Å². The van der Waals surface area contributed by atoms with Gasteiger partial charge in [0, 0.05) is 24.1 Å². The second kappa shape index (κ2) is 6.08. The number of nitrogens with two attached hydrogens (primary N) is 1. The molecular weight excluding hydrogens is 316 g/mol. The van der Waals surface area contributed by atoms with Gasteiger partial charge in [0.05, 0.1) is 12.2 Å². The molecule has 2 aliphatic rings. The van der Waals surface area contributed by atoms with Gasteiger partial charge in [-0.15, -0.1) is 0 Å². The molecule has 5 nitrogen and oxygen atoms in total. The number of hydrogen-bond donors (Lipinski definition) is 1. The molecule has 2 N–H and O–H groups in total. The van der Waals surface area contributed by atoms with Gasteiger partial charge in [0.25, 0.3) is 0 Å². The first-order chi connectivity index (χ1) is 12.1. The third kappa shape index (κ3) is 2.74. The molecular formula is C20H22N2O3. The highest BCUT2D eigenvalue weighted by Gasteiger charge is 2.30. The summed E-state index contributed by atoms with van der Waals surface area (Å²) >= 11 is 0. The van der Waals surface area contributed by atoms with Crippen molar-refractivity contribution >= 4 is 11.8 Å². The third-order valence-electron chi connectivity index (χ3n) is 4.80. The molecule has 25 heavy (non-hydrogen) atoms. The van der Waals surface area contributed by atoms with E-state index < -0.39 is 0 Å². The van der Waals surface area contributed by atoms with Gasteiger partial charge in [-0.25, -0.2) is 4.79 Å². The molecule has 1 amide bonds. The van der Waals surface area contributed by atoms with Crippen molar-refractivity contribution in [3.63, 3.8) is 0 Å². The Labute approximate surface area is 147 Å². The van der Waals surface area contributed by atoms with E-state index in [1.807, 2.05) is 12.1 Å². The number of hydrogen-bond acceptors (Lipinski definition) is 4. The lowest BCUT2D eigenvalue weighted by Crippen LogP contribution is -2.24. The average Bonchev–Trinajstić information content (AvgIpc) is 3.19. The highest BCUT2D eigenvalue weighted by atomic mass is 16.6. The summed E-state index contributed by atoms with van der Waals surface area (Å²) in [6, 6.07) is 10.4. The highest BCUT2D eigenvalue weighted by molar-refractivity contribution is 5.96. The van der Waals surface area contributed by atoms with Crippen molar-refractivity contribution in [2.75, 3.05) is 24.6 Å². The monoisotopic (exact) mass is 338 g/mol. The number of nitrogens with zero attached hydrogens (tertiary/aromatic N) is 1. The number of fused-ring (bicyclic) bond motifs is 1. The first kappa shape index (κ1) is 16.0. The van der Waals surface area contributed by atoms with E-state index in [-0.39, 0.29) is 12.2 Å². The number of cyclic esters (lactones) is 1. The predicted octanol–water partition coefficient (Wildman–Crippen LogP) is 3.19. The van der Waals surface area contributed by atoms with E-state index in [2.05, 4.69) is 32.0 Å². The first-order valence-corrected chi connectivity index (χ1v) is 8.62. The molecule has 5 heteroatoms. The number of benzene rings is 2. The molecule has 0 spiro atoms. The summed E-state index contributed by atoms with van der Waals surface area (Å²) in [5.74, 6) is 0.889. The molecule has 0 unspecified atom stereocenters. The van der Waals surface area contributed by atoms with Gasteiger partial charge >= 0.3 is 6.09 Å². The number of carbonyl (C=O) groups excluding carboxylic acids is 1. The van der Waals surface area contributed by atoms with Crippen LogP contribution in [0.1, 0.15) is 16.7 Å². The maximum Gasteiger partial charge on any atom is 0.414 e. The van der Waals surface area contributed by atoms with Gasteiger partial charge in [0.2, 0.25) is 0 Å². The zero-order valence-electron chi connectivity index (χ0n) is 14.5. The lowest BCUT2D eigenvalue weighted by molar-refractivity contribution is 0.181. The molecule has 0 radical (unpaired) electrons. The van der Waals surface area contributed by atoms with E-state index in [1.54, 1.807) is 4.90 Å². The second-order valence-electron chi connectivity index (χ2n) is 6.77. The van der Waals surface area contributed by atoms with Crippen molar-refractivity contribution in [1.82, 2.24) is 0 Å². The standard InChI is InChI=1S/C20H22N2O3/c1-12-3-4-18(22-5-6-24-20(22)23)16(8-12)17-9-13(2)7-14-10-15(11-21)25-19(14)17/h3-4,7-9,15H,5-6,10-11,21H2,1-2H3/t15-/m1/s1. The SMILES string of the molecule is Cc1ccc(N2CCOC2=O)c(-c2cc(C)cc3c2O[C@@H](CN)C3)c1.